The second kappa shape index (κ2) is 45.4. The number of para-hydroxylation sites is 9. The first-order valence-electron chi connectivity index (χ1n) is 51.8. The van der Waals surface area contributed by atoms with Gasteiger partial charge in [-0.2, -0.15) is 4.31 Å². The lowest BCUT2D eigenvalue weighted by Gasteiger charge is -2.28. The molecule has 0 aliphatic carbocycles. The standard InChI is InChI=1S/C33H36N2O3.C32H36N4O2S.C31H32N2O3.C28H29N3O2S/c1-3-5-11-22-13-9-16-24-27(19-34-32(22)24)31(26-15-7-8-18-29(26)38-21-30(36)37)28-20-35-33-23(12-6-4-2)14-10-17-25(28)33;1-3-22-10-7-13-26-28(19-34-31(22)26)30(29-20-35-32-23(4-2)11-8-14-27(29)32)25-12-6-5-9-24(25)21-39(37,38)36-17-15-33-16-18-36;1-18(2)20-9-11-27-23(13-20)25(15-32-27)31(22-7-5-6-8-29(22)36-17-30(34)35)26-16-33-28-12-10-21(19(3)4)14-24(26)28;1-4-18-10-8-13-20-23(16-29-27(18)20)26(22-12-6-7-15-25(22)31-34(3,32)33)24-17-30-28-19(5-2)11-9-14-21(24)28/h7-10,13-20,31,34-35H,3-6,11-12,21H2,1-2H3,(H,36,37);5-14,19-20,30,33-35H,3-4,15-18,21H2,1-2H3;5-16,18-19,31-33H,17H2,1-4H3,(H,34,35);6-17,26,29-31H,4-5H2,1-3H3. The SMILES string of the molecule is CC(C)c1ccc2[nH]cc(C(c3ccccc3OCC(=O)O)c3c[nH]c4ccc(C(C)C)cc34)c2c1.CCCCc1cccc2c(C(c3ccccc3OCC(=O)O)c3c[nH]c4c(CCCC)cccc34)c[nH]c12.CCc1cccc2c(C(c3ccccc3CS(=O)(=O)N3CCNCC3)c3c[nH]c4c(CC)cccc34)c[nH]c12.CCc1cccc2c(C(c3ccccc3NS(C)(=O)=O)c3c[nH]c4c(CC)cccc34)c[nH]c12. The van der Waals surface area contributed by atoms with Crippen LogP contribution in [0.15, 0.2) is 292 Å². The smallest absolute Gasteiger partial charge is 0.341 e. The van der Waals surface area contributed by atoms with Crippen molar-refractivity contribution in [3.8, 4) is 11.5 Å². The quantitative estimate of drug-likeness (QED) is 0.0177. The fraction of sp³-hybridized carbons (Fsp3) is 0.274. The molecule has 9 heterocycles. The number of fused-ring (bicyclic) bond motifs is 8. The molecule has 1 aliphatic heterocycles. The van der Waals surface area contributed by atoms with Crippen molar-refractivity contribution in [2.45, 2.75) is 175 Å². The van der Waals surface area contributed by atoms with Crippen molar-refractivity contribution >= 4 is 125 Å². The number of nitrogens with one attached hydrogen (secondary N) is 10. The number of nitrogens with zero attached hydrogens (tertiary/aromatic N) is 1. The molecule has 21 rings (SSSR count). The zero-order valence-electron chi connectivity index (χ0n) is 85.6. The number of aryl methyl sites for hydroxylation is 6. The van der Waals surface area contributed by atoms with Crippen LogP contribution < -0.4 is 19.5 Å². The maximum atomic E-state index is 13.6. The Morgan fingerprint density at radius 2 is 0.639 bits per heavy atom. The number of hydrogen-bond acceptors (Lipinski definition) is 9. The summed E-state index contributed by atoms with van der Waals surface area (Å²) in [6, 6.07) is 83.4. The molecule has 0 spiro atoms. The number of piperazine rings is 1. The predicted molar refractivity (Wildman–Crippen MR) is 601 cm³/mol. The lowest BCUT2D eigenvalue weighted by Crippen LogP contribution is -2.46. The van der Waals surface area contributed by atoms with Gasteiger partial charge in [-0.05, 0) is 211 Å². The molecule has 20 aromatic rings. The molecule has 8 aromatic heterocycles. The average Bonchev–Trinajstić information content (AvgIpc) is 1.62. The van der Waals surface area contributed by atoms with E-state index in [9.17, 15) is 36.6 Å². The monoisotopic (exact) mass is 2000 g/mol. The van der Waals surface area contributed by atoms with Crippen LogP contribution in [-0.2, 0) is 73.9 Å². The Labute approximate surface area is 860 Å². The third-order valence-electron chi connectivity index (χ3n) is 29.3. The van der Waals surface area contributed by atoms with Gasteiger partial charge in [-0.25, -0.2) is 26.4 Å². The number of aromatic amines is 8. The Morgan fingerprint density at radius 3 is 0.986 bits per heavy atom. The first-order valence-corrected chi connectivity index (χ1v) is 55.3. The van der Waals surface area contributed by atoms with Gasteiger partial charge in [0.05, 0.1) is 17.7 Å². The van der Waals surface area contributed by atoms with Gasteiger partial charge in [0.1, 0.15) is 11.5 Å². The highest BCUT2D eigenvalue weighted by Crippen LogP contribution is 2.50. The van der Waals surface area contributed by atoms with Gasteiger partial charge in [-0.3, -0.25) is 4.72 Å². The Bertz CT molecular complexity index is 8010. The number of anilines is 1. The van der Waals surface area contributed by atoms with E-state index in [1.165, 1.54) is 83.3 Å². The van der Waals surface area contributed by atoms with Gasteiger partial charge in [-0.1, -0.05) is 282 Å². The number of hydrogen-bond donors (Lipinski definition) is 12. The molecule has 0 bridgehead atoms. The highest BCUT2D eigenvalue weighted by molar-refractivity contribution is 7.92. The first kappa shape index (κ1) is 102. The number of carbonyl (C=O) groups is 2. The van der Waals surface area contributed by atoms with Gasteiger partial charge in [0.25, 0.3) is 0 Å². The molecule has 0 amide bonds. The van der Waals surface area contributed by atoms with E-state index < -0.39 is 32.0 Å². The summed E-state index contributed by atoms with van der Waals surface area (Å²) in [5.74, 6) is -0.639. The molecule has 12 aromatic carbocycles. The van der Waals surface area contributed by atoms with E-state index in [1.54, 1.807) is 4.31 Å². The van der Waals surface area contributed by atoms with Crippen molar-refractivity contribution in [3.63, 3.8) is 0 Å². The molecular formula is C124H133N11O10S2. The third-order valence-corrected chi connectivity index (χ3v) is 31.7. The topological polar surface area (TPSA) is 315 Å². The minimum absolute atomic E-state index is 0.00912. The number of unbranched alkanes of at least 4 members (excludes halogenated alkanes) is 2. The molecule has 756 valence electrons. The van der Waals surface area contributed by atoms with E-state index in [-0.39, 0.29) is 42.6 Å². The van der Waals surface area contributed by atoms with Gasteiger partial charge in [-0.15, -0.1) is 0 Å². The first-order chi connectivity index (χ1) is 71.4. The number of benzene rings is 12. The molecule has 147 heavy (non-hydrogen) atoms. The molecule has 0 saturated carbocycles. The van der Waals surface area contributed by atoms with Crippen LogP contribution in [0.1, 0.15) is 247 Å². The molecule has 0 atom stereocenters. The zero-order valence-corrected chi connectivity index (χ0v) is 87.3. The fourth-order valence-corrected chi connectivity index (χ4v) is 24.1. The van der Waals surface area contributed by atoms with Crippen molar-refractivity contribution in [2.24, 2.45) is 0 Å². The van der Waals surface area contributed by atoms with Crippen LogP contribution in [0.2, 0.25) is 0 Å². The van der Waals surface area contributed by atoms with E-state index in [0.717, 1.165) is 191 Å². The van der Waals surface area contributed by atoms with Crippen LogP contribution in [0.25, 0.3) is 87.2 Å². The molecule has 21 nitrogen and oxygen atoms in total. The number of aromatic nitrogens is 8. The Kier molecular flexibility index (Phi) is 31.6. The largest absolute Gasteiger partial charge is 0.482 e. The summed E-state index contributed by atoms with van der Waals surface area (Å²) >= 11 is 0. The number of rotatable bonds is 35. The van der Waals surface area contributed by atoms with Gasteiger partial charge in [0, 0.05) is 198 Å². The Morgan fingerprint density at radius 1 is 0.340 bits per heavy atom. The van der Waals surface area contributed by atoms with Crippen molar-refractivity contribution in [1.82, 2.24) is 49.5 Å². The van der Waals surface area contributed by atoms with Gasteiger partial charge < -0.3 is 64.9 Å². The van der Waals surface area contributed by atoms with E-state index in [4.69, 9.17) is 9.47 Å². The summed E-state index contributed by atoms with van der Waals surface area (Å²) in [5, 5.41) is 31.2. The second-order valence-electron chi connectivity index (χ2n) is 39.3. The van der Waals surface area contributed by atoms with Gasteiger partial charge >= 0.3 is 11.9 Å². The van der Waals surface area contributed by atoms with Gasteiger partial charge in [0.2, 0.25) is 20.0 Å². The normalized spacial score (nSPS) is 12.7. The number of aliphatic carboxylic acids is 2. The van der Waals surface area contributed by atoms with E-state index >= 15 is 0 Å². The molecule has 12 N–H and O–H groups in total. The summed E-state index contributed by atoms with van der Waals surface area (Å²) in [5.41, 5.74) is 33.8. The van der Waals surface area contributed by atoms with Crippen LogP contribution in [0, 0.1) is 0 Å². The van der Waals surface area contributed by atoms with Crippen molar-refractivity contribution in [2.75, 3.05) is 50.4 Å². The van der Waals surface area contributed by atoms with E-state index in [0.29, 0.717) is 55.2 Å². The fourth-order valence-electron chi connectivity index (χ4n) is 21.9. The third kappa shape index (κ3) is 21.7. The highest BCUT2D eigenvalue weighted by Gasteiger charge is 2.35. The molecule has 1 aliphatic rings. The summed E-state index contributed by atoms with van der Waals surface area (Å²) in [7, 11) is -6.90. The van der Waals surface area contributed by atoms with Gasteiger partial charge in [0.15, 0.2) is 13.2 Å². The van der Waals surface area contributed by atoms with Crippen molar-refractivity contribution in [1.29, 1.82) is 0 Å². The highest BCUT2D eigenvalue weighted by atomic mass is 32.2. The molecule has 0 unspecified atom stereocenters. The number of carboxylic acids is 2. The molecule has 1 saturated heterocycles. The Hall–Kier alpha value is -14.9. The lowest BCUT2D eigenvalue weighted by molar-refractivity contribution is -0.140. The van der Waals surface area contributed by atoms with Crippen LogP contribution in [0.4, 0.5) is 5.69 Å². The minimum atomic E-state index is -3.46. The molecule has 23 heteroatoms. The minimum Gasteiger partial charge on any atom is -0.482 e. The molecule has 0 radical (unpaired) electrons. The predicted octanol–water partition coefficient (Wildman–Crippen LogP) is 27.5. The van der Waals surface area contributed by atoms with E-state index in [2.05, 4.69) is 326 Å². The molecule has 1 fully saturated rings. The van der Waals surface area contributed by atoms with E-state index in [1.807, 2.05) is 84.9 Å². The molecular weight excluding hydrogens is 1870 g/mol. The Balaban J connectivity index is 0.000000129. The maximum absolute atomic E-state index is 13.6. The van der Waals surface area contributed by atoms with Crippen LogP contribution in [-0.4, -0.2) is 129 Å². The average molecular weight is 2000 g/mol. The summed E-state index contributed by atoms with van der Waals surface area (Å²) in [4.78, 5) is 51.0. The number of carboxylic acid groups (broad SMARTS) is 2. The van der Waals surface area contributed by atoms with Crippen molar-refractivity contribution in [3.05, 3.63) is 409 Å². The zero-order chi connectivity index (χ0) is 103. The summed E-state index contributed by atoms with van der Waals surface area (Å²) < 4.78 is 67.6. The summed E-state index contributed by atoms with van der Waals surface area (Å²) in [6.07, 6.45) is 28.4. The number of sulfonamides is 2. The maximum Gasteiger partial charge on any atom is 0.341 e. The van der Waals surface area contributed by atoms with Crippen LogP contribution >= 0.6 is 0 Å². The number of H-pyrrole nitrogens is 8. The van der Waals surface area contributed by atoms with Crippen LogP contribution in [0.5, 0.6) is 11.5 Å². The number of ether oxygens (including phenoxy) is 2. The lowest BCUT2D eigenvalue weighted by atomic mass is 9.82. The van der Waals surface area contributed by atoms with Crippen LogP contribution in [0.3, 0.4) is 0 Å². The van der Waals surface area contributed by atoms with Crippen molar-refractivity contribution < 1.29 is 46.1 Å². The summed E-state index contributed by atoms with van der Waals surface area (Å²) in [6.45, 7) is 23.5. The second-order valence-corrected chi connectivity index (χ2v) is 43.0.